The second-order valence-corrected chi connectivity index (χ2v) is 9.46. The minimum atomic E-state index is -0.846. The molecule has 3 aromatic rings. The first-order valence-electron chi connectivity index (χ1n) is 11.9. The second-order valence-electron chi connectivity index (χ2n) is 9.06. The van der Waals surface area contributed by atoms with E-state index in [1.807, 2.05) is 6.07 Å². The highest BCUT2D eigenvalue weighted by Crippen LogP contribution is 2.29. The lowest BCUT2D eigenvalue weighted by atomic mass is 9.89. The van der Waals surface area contributed by atoms with E-state index in [1.165, 1.54) is 4.90 Å². The van der Waals surface area contributed by atoms with E-state index in [0.717, 1.165) is 31.4 Å². The molecule has 6 nitrogen and oxygen atoms in total. The van der Waals surface area contributed by atoms with Gasteiger partial charge in [-0.05, 0) is 73.0 Å². The molecule has 0 radical (unpaired) electrons. The molecule has 0 saturated heterocycles. The van der Waals surface area contributed by atoms with E-state index >= 15 is 0 Å². The molecule has 0 spiro atoms. The SMILES string of the molecule is N#Cc1ccc(C(=O)Nc2ccc(Cl)c(CN(C(=O)c3cc(F)cc(F)c3)C3CCCCC3N)c2)cc1. The minimum absolute atomic E-state index is 0.0365. The van der Waals surface area contributed by atoms with Crippen LogP contribution in [-0.2, 0) is 6.54 Å². The molecule has 0 bridgehead atoms. The van der Waals surface area contributed by atoms with Crippen LogP contribution in [0.5, 0.6) is 0 Å². The highest BCUT2D eigenvalue weighted by atomic mass is 35.5. The van der Waals surface area contributed by atoms with E-state index in [9.17, 15) is 18.4 Å². The normalized spacial score (nSPS) is 17.1. The van der Waals surface area contributed by atoms with Gasteiger partial charge in [0.15, 0.2) is 0 Å². The van der Waals surface area contributed by atoms with Crippen molar-refractivity contribution in [3.63, 3.8) is 0 Å². The molecule has 9 heteroatoms. The van der Waals surface area contributed by atoms with Gasteiger partial charge in [0.05, 0.1) is 11.6 Å². The van der Waals surface area contributed by atoms with Crippen molar-refractivity contribution >= 4 is 29.1 Å². The van der Waals surface area contributed by atoms with Crippen LogP contribution in [0.3, 0.4) is 0 Å². The largest absolute Gasteiger partial charge is 0.330 e. The van der Waals surface area contributed by atoms with E-state index in [0.29, 0.717) is 39.9 Å². The van der Waals surface area contributed by atoms with Crippen molar-refractivity contribution < 1.29 is 18.4 Å². The minimum Gasteiger partial charge on any atom is -0.330 e. The summed E-state index contributed by atoms with van der Waals surface area (Å²) in [5.41, 5.74) is 8.06. The molecule has 190 valence electrons. The van der Waals surface area contributed by atoms with Gasteiger partial charge in [-0.3, -0.25) is 9.59 Å². The molecule has 2 atom stereocenters. The van der Waals surface area contributed by atoms with Gasteiger partial charge in [0.2, 0.25) is 0 Å². The number of benzene rings is 3. The molecule has 3 N–H and O–H groups in total. The van der Waals surface area contributed by atoms with Gasteiger partial charge in [0, 0.05) is 46.5 Å². The maximum absolute atomic E-state index is 13.9. The van der Waals surface area contributed by atoms with Crippen molar-refractivity contribution in [2.45, 2.75) is 44.3 Å². The summed E-state index contributed by atoms with van der Waals surface area (Å²) in [5.74, 6) is -2.62. The van der Waals surface area contributed by atoms with Crippen LogP contribution in [0.2, 0.25) is 5.02 Å². The Morgan fingerprint density at radius 1 is 1.00 bits per heavy atom. The number of nitrogens with zero attached hydrogens (tertiary/aromatic N) is 2. The molecule has 1 saturated carbocycles. The quantitative estimate of drug-likeness (QED) is 0.436. The Balaban J connectivity index is 1.62. The maximum atomic E-state index is 13.9. The molecule has 37 heavy (non-hydrogen) atoms. The summed E-state index contributed by atoms with van der Waals surface area (Å²) >= 11 is 6.47. The number of rotatable bonds is 6. The number of hydrogen-bond donors (Lipinski definition) is 2. The first-order chi connectivity index (χ1) is 17.7. The van der Waals surface area contributed by atoms with Crippen LogP contribution in [0.15, 0.2) is 60.7 Å². The molecule has 4 rings (SSSR count). The first kappa shape index (κ1) is 26.3. The predicted molar refractivity (Wildman–Crippen MR) is 137 cm³/mol. The molecule has 3 aromatic carbocycles. The molecule has 1 fully saturated rings. The molecule has 1 aliphatic rings. The second kappa shape index (κ2) is 11.5. The molecular formula is C28H25ClF2N4O2. The van der Waals surface area contributed by atoms with Gasteiger partial charge in [-0.2, -0.15) is 5.26 Å². The van der Waals surface area contributed by atoms with Gasteiger partial charge < -0.3 is 16.0 Å². The fraction of sp³-hybridized carbons (Fsp3) is 0.250. The predicted octanol–water partition coefficient (Wildman–Crippen LogP) is 5.65. The van der Waals surface area contributed by atoms with Gasteiger partial charge in [0.1, 0.15) is 11.6 Å². The Morgan fingerprint density at radius 2 is 1.68 bits per heavy atom. The third-order valence-corrected chi connectivity index (χ3v) is 6.84. The summed E-state index contributed by atoms with van der Waals surface area (Å²) < 4.78 is 27.8. The number of nitrogens with two attached hydrogens (primary N) is 1. The summed E-state index contributed by atoms with van der Waals surface area (Å²) in [6, 6.07) is 15.2. The Labute approximate surface area is 218 Å². The smallest absolute Gasteiger partial charge is 0.255 e. The number of carbonyl (C=O) groups is 2. The number of carbonyl (C=O) groups excluding carboxylic acids is 2. The van der Waals surface area contributed by atoms with Crippen molar-refractivity contribution in [1.82, 2.24) is 4.90 Å². The Morgan fingerprint density at radius 3 is 2.32 bits per heavy atom. The molecule has 0 heterocycles. The molecule has 2 amide bonds. The number of nitriles is 1. The summed E-state index contributed by atoms with van der Waals surface area (Å²) in [4.78, 5) is 27.7. The van der Waals surface area contributed by atoms with Crippen LogP contribution in [-0.4, -0.2) is 28.8 Å². The fourth-order valence-corrected chi connectivity index (χ4v) is 4.74. The highest BCUT2D eigenvalue weighted by Gasteiger charge is 2.32. The Hall–Kier alpha value is -3.80. The van der Waals surface area contributed by atoms with Gasteiger partial charge >= 0.3 is 0 Å². The first-order valence-corrected chi connectivity index (χ1v) is 12.3. The zero-order valence-electron chi connectivity index (χ0n) is 19.9. The van der Waals surface area contributed by atoms with Crippen LogP contribution in [0.4, 0.5) is 14.5 Å². The van der Waals surface area contributed by atoms with E-state index in [1.54, 1.807) is 42.5 Å². The van der Waals surface area contributed by atoms with Gasteiger partial charge in [0.25, 0.3) is 11.8 Å². The van der Waals surface area contributed by atoms with Crippen LogP contribution < -0.4 is 11.1 Å². The summed E-state index contributed by atoms with van der Waals surface area (Å²) in [6.45, 7) is 0.0365. The van der Waals surface area contributed by atoms with E-state index in [2.05, 4.69) is 5.32 Å². The van der Waals surface area contributed by atoms with Crippen molar-refractivity contribution in [1.29, 1.82) is 5.26 Å². The molecule has 0 aliphatic heterocycles. The van der Waals surface area contributed by atoms with Gasteiger partial charge in [-0.15, -0.1) is 0 Å². The Bertz CT molecular complexity index is 1340. The zero-order valence-corrected chi connectivity index (χ0v) is 20.6. The number of hydrogen-bond acceptors (Lipinski definition) is 4. The third kappa shape index (κ3) is 6.31. The highest BCUT2D eigenvalue weighted by molar-refractivity contribution is 6.31. The third-order valence-electron chi connectivity index (χ3n) is 6.47. The number of halogens is 3. The van der Waals surface area contributed by atoms with Crippen molar-refractivity contribution in [2.24, 2.45) is 5.73 Å². The molecule has 1 aliphatic carbocycles. The molecule has 0 aromatic heterocycles. The topological polar surface area (TPSA) is 99.2 Å². The zero-order chi connectivity index (χ0) is 26.5. The fourth-order valence-electron chi connectivity index (χ4n) is 4.57. The number of nitrogens with one attached hydrogen (secondary N) is 1. The lowest BCUT2D eigenvalue weighted by molar-refractivity contribution is 0.0582. The Kier molecular flexibility index (Phi) is 8.17. The van der Waals surface area contributed by atoms with Crippen molar-refractivity contribution in [2.75, 3.05) is 5.32 Å². The number of anilines is 1. The van der Waals surface area contributed by atoms with Crippen molar-refractivity contribution in [3.8, 4) is 6.07 Å². The van der Waals surface area contributed by atoms with E-state index in [-0.39, 0.29) is 30.1 Å². The van der Waals surface area contributed by atoms with Crippen LogP contribution in [0, 0.1) is 23.0 Å². The maximum Gasteiger partial charge on any atom is 0.255 e. The summed E-state index contributed by atoms with van der Waals surface area (Å²) in [6.07, 6.45) is 3.18. The van der Waals surface area contributed by atoms with E-state index < -0.39 is 17.5 Å². The summed E-state index contributed by atoms with van der Waals surface area (Å²) in [5, 5.41) is 12.1. The lowest BCUT2D eigenvalue weighted by Gasteiger charge is -2.38. The van der Waals surface area contributed by atoms with Crippen LogP contribution in [0.25, 0.3) is 0 Å². The lowest BCUT2D eigenvalue weighted by Crippen LogP contribution is -2.51. The van der Waals surface area contributed by atoms with Crippen molar-refractivity contribution in [3.05, 3.63) is 99.6 Å². The monoisotopic (exact) mass is 522 g/mol. The number of amides is 2. The van der Waals surface area contributed by atoms with Gasteiger partial charge in [-0.1, -0.05) is 24.4 Å². The molecular weight excluding hydrogens is 498 g/mol. The van der Waals surface area contributed by atoms with E-state index in [4.69, 9.17) is 22.6 Å². The van der Waals surface area contributed by atoms with Crippen LogP contribution >= 0.6 is 11.6 Å². The van der Waals surface area contributed by atoms with Gasteiger partial charge in [-0.25, -0.2) is 8.78 Å². The average Bonchev–Trinajstić information content (AvgIpc) is 2.88. The average molecular weight is 523 g/mol. The van der Waals surface area contributed by atoms with Crippen LogP contribution in [0.1, 0.15) is 57.5 Å². The standard InChI is InChI=1S/C28H25ClF2N4O2/c29-24-10-9-23(34-27(36)18-7-5-17(15-32)6-8-18)13-20(24)16-35(26-4-2-1-3-25(26)33)28(37)19-11-21(30)14-22(31)12-19/h5-14,25-26H,1-4,16,33H2,(H,34,36). The molecule has 2 unspecified atom stereocenters. The summed E-state index contributed by atoms with van der Waals surface area (Å²) in [7, 11) is 0.